The number of hydrogen-bond acceptors (Lipinski definition) is 15. The monoisotopic (exact) mass is 789 g/mol. The molecule has 0 fully saturated rings. The van der Waals surface area contributed by atoms with Gasteiger partial charge in [-0.05, 0) is 57.2 Å². The third kappa shape index (κ3) is 16.9. The molecule has 304 valence electrons. The fraction of sp³-hybridized carbons (Fsp3) is 0.308. The average Bonchev–Trinajstić information content (AvgIpc) is 3.20. The molecular weight excluding hydrogens is 742 g/mol. The van der Waals surface area contributed by atoms with Crippen molar-refractivity contribution >= 4 is 63.0 Å². The summed E-state index contributed by atoms with van der Waals surface area (Å²) in [5.74, 6) is -2.92. The molecule has 0 bridgehead atoms. The van der Waals surface area contributed by atoms with Gasteiger partial charge in [-0.2, -0.15) is 0 Å². The van der Waals surface area contributed by atoms with E-state index in [-0.39, 0.29) is 68.1 Å². The zero-order valence-corrected chi connectivity index (χ0v) is 31.9. The zero-order chi connectivity index (χ0) is 42.2. The number of nitrogens with one attached hydrogen (secondary N) is 3. The number of nitrogens with zero attached hydrogens (tertiary/aromatic N) is 2. The van der Waals surface area contributed by atoms with E-state index in [1.165, 1.54) is 5.48 Å². The molecule has 0 radical (unpaired) electrons. The molecular formula is C39H47N7O11. The number of fused-ring (bicyclic) bond motifs is 2. The standard InChI is InChI=1S/C13H14N2O3.C11H11N3O3.C9H14O5.C6H8N2/c1-2-18-12(16)8-7-11-13(17)15-10-6-4-3-5-9(10)14-11;15-10(14-17)6-5-9-11(16)13-8-4-2-1-3-7(8)12-9;1-3-13-8(11)6-5-7(10)9(12)14-4-2;7-5-3-1-2-4-6(5)8/h3-6H,2,7-8H2,1H3,(H,15,17);1-4,17H,5-6H2,(H,13,16)(H,14,15);3-6H2,1-2H3;1-4H,7-8H2. The first-order valence-electron chi connectivity index (χ1n) is 17.8. The van der Waals surface area contributed by atoms with Crippen molar-refractivity contribution in [2.45, 2.75) is 59.3 Å². The van der Waals surface area contributed by atoms with E-state index in [4.69, 9.17) is 21.4 Å². The van der Waals surface area contributed by atoms with E-state index in [0.717, 1.165) is 5.52 Å². The van der Waals surface area contributed by atoms with Crippen molar-refractivity contribution in [2.75, 3.05) is 31.3 Å². The Hall–Kier alpha value is -6.95. The van der Waals surface area contributed by atoms with Crippen molar-refractivity contribution in [3.63, 3.8) is 0 Å². The van der Waals surface area contributed by atoms with Crippen LogP contribution < -0.4 is 28.1 Å². The fourth-order valence-electron chi connectivity index (χ4n) is 4.49. The first-order chi connectivity index (χ1) is 27.3. The van der Waals surface area contributed by atoms with Gasteiger partial charge in [-0.3, -0.25) is 34.0 Å². The predicted octanol–water partition coefficient (Wildman–Crippen LogP) is 3.09. The second kappa shape index (κ2) is 25.2. The number of hydrogen-bond donors (Lipinski definition) is 6. The topological polar surface area (TPSA) is 289 Å². The number of esters is 3. The summed E-state index contributed by atoms with van der Waals surface area (Å²) >= 11 is 0. The molecule has 57 heavy (non-hydrogen) atoms. The Bertz CT molecular complexity index is 2200. The predicted molar refractivity (Wildman–Crippen MR) is 211 cm³/mol. The summed E-state index contributed by atoms with van der Waals surface area (Å²) in [6.45, 7) is 5.80. The summed E-state index contributed by atoms with van der Waals surface area (Å²) < 4.78 is 13.9. The quantitative estimate of drug-likeness (QED) is 0.0250. The summed E-state index contributed by atoms with van der Waals surface area (Å²) in [5.41, 5.74) is 16.4. The van der Waals surface area contributed by atoms with Gasteiger partial charge in [0.2, 0.25) is 11.7 Å². The minimum atomic E-state index is -0.892. The molecule has 0 spiro atoms. The van der Waals surface area contributed by atoms with Crippen molar-refractivity contribution in [3.05, 3.63) is 105 Å². The number of rotatable bonds is 13. The van der Waals surface area contributed by atoms with E-state index in [2.05, 4.69) is 29.4 Å². The number of ether oxygens (including phenoxy) is 3. The van der Waals surface area contributed by atoms with E-state index in [1.54, 1.807) is 57.2 Å². The lowest BCUT2D eigenvalue weighted by atomic mass is 10.2. The lowest BCUT2D eigenvalue weighted by Gasteiger charge is -2.02. The highest BCUT2D eigenvalue weighted by Crippen LogP contribution is 2.11. The summed E-state index contributed by atoms with van der Waals surface area (Å²) in [5, 5.41) is 8.35. The summed E-state index contributed by atoms with van der Waals surface area (Å²) in [6, 6.07) is 21.7. The molecule has 0 aliphatic carbocycles. The van der Waals surface area contributed by atoms with Gasteiger partial charge in [0.1, 0.15) is 11.4 Å². The van der Waals surface area contributed by atoms with Gasteiger partial charge in [0.25, 0.3) is 11.1 Å². The molecule has 0 saturated heterocycles. The maximum atomic E-state index is 11.7. The van der Waals surface area contributed by atoms with Crippen LogP contribution in [0.5, 0.6) is 0 Å². The van der Waals surface area contributed by atoms with Crippen LogP contribution in [0, 0.1) is 0 Å². The number of benzene rings is 3. The van der Waals surface area contributed by atoms with Gasteiger partial charge in [-0.1, -0.05) is 36.4 Å². The maximum Gasteiger partial charge on any atom is 0.374 e. The number of para-hydroxylation sites is 6. The van der Waals surface area contributed by atoms with E-state index in [1.807, 2.05) is 36.4 Å². The van der Waals surface area contributed by atoms with E-state index in [9.17, 15) is 33.6 Å². The van der Waals surface area contributed by atoms with Crippen LogP contribution in [0.2, 0.25) is 0 Å². The highest BCUT2D eigenvalue weighted by atomic mass is 16.5. The molecule has 18 nitrogen and oxygen atoms in total. The Morgan fingerprint density at radius 3 is 1.47 bits per heavy atom. The second-order valence-electron chi connectivity index (χ2n) is 11.5. The molecule has 2 heterocycles. The molecule has 0 aliphatic rings. The third-order valence-corrected chi connectivity index (χ3v) is 7.28. The first kappa shape index (κ1) is 46.2. The van der Waals surface area contributed by atoms with Crippen molar-refractivity contribution in [1.82, 2.24) is 25.4 Å². The van der Waals surface area contributed by atoms with Crippen LogP contribution in [0.1, 0.15) is 57.8 Å². The number of ketones is 1. The molecule has 18 heteroatoms. The lowest BCUT2D eigenvalue weighted by Crippen LogP contribution is -2.22. The van der Waals surface area contributed by atoms with E-state index in [0.29, 0.717) is 46.6 Å². The molecule has 2 aromatic heterocycles. The third-order valence-electron chi connectivity index (χ3n) is 7.28. The van der Waals surface area contributed by atoms with Crippen molar-refractivity contribution in [1.29, 1.82) is 0 Å². The van der Waals surface area contributed by atoms with E-state index >= 15 is 0 Å². The van der Waals surface area contributed by atoms with Crippen LogP contribution >= 0.6 is 0 Å². The largest absolute Gasteiger partial charge is 0.466 e. The Kier molecular flexibility index (Phi) is 20.4. The van der Waals surface area contributed by atoms with Gasteiger partial charge in [-0.25, -0.2) is 20.2 Å². The molecule has 5 aromatic rings. The fourth-order valence-corrected chi connectivity index (χ4v) is 4.49. The molecule has 0 atom stereocenters. The van der Waals surface area contributed by atoms with Crippen LogP contribution in [-0.2, 0) is 51.0 Å². The van der Waals surface area contributed by atoms with Crippen LogP contribution in [0.3, 0.4) is 0 Å². The van der Waals surface area contributed by atoms with Gasteiger partial charge in [-0.15, -0.1) is 0 Å². The van der Waals surface area contributed by atoms with Crippen LogP contribution in [0.25, 0.3) is 22.1 Å². The maximum absolute atomic E-state index is 11.7. The highest BCUT2D eigenvalue weighted by Gasteiger charge is 2.16. The molecule has 3 aromatic carbocycles. The molecule has 5 rings (SSSR count). The van der Waals surface area contributed by atoms with Gasteiger partial charge in [0.05, 0.1) is 66.1 Å². The number of carbonyl (C=O) groups is 5. The summed E-state index contributed by atoms with van der Waals surface area (Å²) in [7, 11) is 0. The summed E-state index contributed by atoms with van der Waals surface area (Å²) in [6.07, 6.45) is 0.432. The normalized spacial score (nSPS) is 9.96. The zero-order valence-electron chi connectivity index (χ0n) is 31.9. The van der Waals surface area contributed by atoms with Gasteiger partial charge >= 0.3 is 17.9 Å². The number of anilines is 2. The van der Waals surface area contributed by atoms with Crippen molar-refractivity contribution in [2.24, 2.45) is 0 Å². The molecule has 1 amide bonds. The Morgan fingerprint density at radius 2 is 1.04 bits per heavy atom. The number of aromatic nitrogens is 4. The van der Waals surface area contributed by atoms with Gasteiger partial charge in [0.15, 0.2) is 0 Å². The molecule has 0 saturated carbocycles. The average molecular weight is 790 g/mol. The van der Waals surface area contributed by atoms with Crippen LogP contribution in [-0.4, -0.2) is 74.6 Å². The number of amides is 1. The van der Waals surface area contributed by atoms with Gasteiger partial charge < -0.3 is 35.6 Å². The molecule has 0 aliphatic heterocycles. The number of H-pyrrole nitrogens is 2. The smallest absolute Gasteiger partial charge is 0.374 e. The lowest BCUT2D eigenvalue weighted by molar-refractivity contribution is -0.154. The number of hydroxylamine groups is 1. The Balaban J connectivity index is 0.000000271. The second-order valence-corrected chi connectivity index (χ2v) is 11.5. The Morgan fingerprint density at radius 1 is 0.614 bits per heavy atom. The number of carbonyl (C=O) groups excluding carboxylic acids is 5. The minimum Gasteiger partial charge on any atom is -0.466 e. The number of nitrogens with two attached hydrogens (primary N) is 2. The molecule has 0 unspecified atom stereocenters. The molecule has 8 N–H and O–H groups in total. The number of aryl methyl sites for hydroxylation is 2. The SMILES string of the molecule is CCOC(=O)CCC(=O)C(=O)OCC.CCOC(=O)CCc1nc2ccccc2[nH]c1=O.Nc1ccccc1N.O=C(CCc1nc2ccccc2[nH]c1=O)NO. The van der Waals surface area contributed by atoms with Crippen LogP contribution in [0.4, 0.5) is 11.4 Å². The van der Waals surface area contributed by atoms with Crippen molar-refractivity contribution < 1.29 is 43.4 Å². The first-order valence-corrected chi connectivity index (χ1v) is 17.8. The minimum absolute atomic E-state index is 0.0188. The van der Waals surface area contributed by atoms with E-state index < -0.39 is 23.6 Å². The number of nitrogen functional groups attached to an aromatic ring is 2. The highest BCUT2D eigenvalue weighted by molar-refractivity contribution is 6.33. The Labute approximate surface area is 326 Å². The number of aromatic amines is 2. The number of Topliss-reactive ketones (excluding diaryl/α,β-unsaturated/α-hetero) is 1. The van der Waals surface area contributed by atoms with Crippen LogP contribution in [0.15, 0.2) is 82.4 Å². The van der Waals surface area contributed by atoms with Gasteiger partial charge in [0, 0.05) is 25.7 Å². The summed E-state index contributed by atoms with van der Waals surface area (Å²) in [4.78, 5) is 91.9. The van der Waals surface area contributed by atoms with Crippen molar-refractivity contribution in [3.8, 4) is 0 Å².